The van der Waals surface area contributed by atoms with Crippen molar-refractivity contribution in [1.82, 2.24) is 4.90 Å². The number of halogens is 2. The second-order valence-corrected chi connectivity index (χ2v) is 6.19. The quantitative estimate of drug-likeness (QED) is 0.800. The first-order chi connectivity index (χ1) is 10.6. The van der Waals surface area contributed by atoms with Gasteiger partial charge in [-0.25, -0.2) is 4.39 Å². The predicted octanol–water partition coefficient (Wildman–Crippen LogP) is 4.70. The van der Waals surface area contributed by atoms with Crippen molar-refractivity contribution in [3.8, 4) is 0 Å². The Morgan fingerprint density at radius 3 is 2.27 bits per heavy atom. The molecule has 0 heterocycles. The summed E-state index contributed by atoms with van der Waals surface area (Å²) in [6.07, 6.45) is 2.20. The molecule has 0 aromatic heterocycles. The average molecular weight is 318 g/mol. The van der Waals surface area contributed by atoms with Crippen LogP contribution in [0.5, 0.6) is 0 Å². The molecule has 0 N–H and O–H groups in total. The maximum Gasteiger partial charge on any atom is 0.254 e. The minimum atomic E-state index is -0.259. The smallest absolute Gasteiger partial charge is 0.254 e. The molecule has 3 rings (SSSR count). The maximum atomic E-state index is 13.1. The monoisotopic (exact) mass is 317 g/mol. The summed E-state index contributed by atoms with van der Waals surface area (Å²) in [5.41, 5.74) is 1.59. The Bertz CT molecular complexity index is 664. The van der Waals surface area contributed by atoms with Crippen molar-refractivity contribution in [3.05, 3.63) is 70.5 Å². The third-order valence-corrected chi connectivity index (χ3v) is 4.36. The van der Waals surface area contributed by atoms with Crippen LogP contribution < -0.4 is 0 Å². The first kappa shape index (κ1) is 15.0. The first-order valence-corrected chi connectivity index (χ1v) is 7.72. The lowest BCUT2D eigenvalue weighted by Gasteiger charge is -2.29. The van der Waals surface area contributed by atoms with E-state index >= 15 is 0 Å². The van der Waals surface area contributed by atoms with Gasteiger partial charge in [0.15, 0.2) is 0 Å². The average Bonchev–Trinajstić information content (AvgIpc) is 3.34. The lowest BCUT2D eigenvalue weighted by molar-refractivity contribution is 0.0711. The molecule has 1 amide bonds. The summed E-state index contributed by atoms with van der Waals surface area (Å²) in [4.78, 5) is 14.4. The standard InChI is InChI=1S/C18H17ClFNO/c1-21(18(22)14-4-8-15(19)9-5-14)17(12-2-3-12)13-6-10-16(20)11-7-13/h4-12,17H,2-3H2,1H3. The summed E-state index contributed by atoms with van der Waals surface area (Å²) in [7, 11) is 1.81. The van der Waals surface area contributed by atoms with E-state index in [1.165, 1.54) is 12.1 Å². The zero-order chi connectivity index (χ0) is 15.7. The number of hydrogen-bond donors (Lipinski definition) is 0. The van der Waals surface area contributed by atoms with Gasteiger partial charge in [0.2, 0.25) is 0 Å². The lowest BCUT2D eigenvalue weighted by Crippen LogP contribution is -2.32. The molecule has 0 bridgehead atoms. The molecule has 2 nitrogen and oxygen atoms in total. The van der Waals surface area contributed by atoms with Crippen LogP contribution in [0.15, 0.2) is 48.5 Å². The van der Waals surface area contributed by atoms with E-state index in [1.807, 2.05) is 7.05 Å². The van der Waals surface area contributed by atoms with Gasteiger partial charge in [-0.1, -0.05) is 23.7 Å². The largest absolute Gasteiger partial charge is 0.334 e. The van der Waals surface area contributed by atoms with Crippen molar-refractivity contribution >= 4 is 17.5 Å². The van der Waals surface area contributed by atoms with E-state index < -0.39 is 0 Å². The topological polar surface area (TPSA) is 20.3 Å². The molecule has 114 valence electrons. The molecule has 1 fully saturated rings. The fourth-order valence-corrected chi connectivity index (χ4v) is 2.93. The molecule has 0 saturated heterocycles. The first-order valence-electron chi connectivity index (χ1n) is 7.34. The highest BCUT2D eigenvalue weighted by Gasteiger charge is 2.37. The van der Waals surface area contributed by atoms with Crippen LogP contribution in [0.1, 0.15) is 34.8 Å². The zero-order valence-electron chi connectivity index (χ0n) is 12.3. The van der Waals surface area contributed by atoms with E-state index in [0.29, 0.717) is 16.5 Å². The summed E-state index contributed by atoms with van der Waals surface area (Å²) >= 11 is 5.87. The molecule has 1 aliphatic rings. The SMILES string of the molecule is CN(C(=O)c1ccc(Cl)cc1)C(c1ccc(F)cc1)C1CC1. The minimum Gasteiger partial charge on any atom is -0.334 e. The molecule has 0 aliphatic heterocycles. The van der Waals surface area contributed by atoms with E-state index in [2.05, 4.69) is 0 Å². The molecule has 0 spiro atoms. The minimum absolute atomic E-state index is 0.0104. The van der Waals surface area contributed by atoms with Gasteiger partial charge in [-0.05, 0) is 60.7 Å². The van der Waals surface area contributed by atoms with Gasteiger partial charge >= 0.3 is 0 Å². The van der Waals surface area contributed by atoms with Gasteiger partial charge in [-0.2, -0.15) is 0 Å². The number of amides is 1. The highest BCUT2D eigenvalue weighted by molar-refractivity contribution is 6.30. The van der Waals surface area contributed by atoms with Crippen molar-refractivity contribution in [2.24, 2.45) is 5.92 Å². The number of carbonyl (C=O) groups is 1. The number of hydrogen-bond acceptors (Lipinski definition) is 1. The molecule has 1 aliphatic carbocycles. The summed E-state index contributed by atoms with van der Waals surface area (Å²) in [6.45, 7) is 0. The third kappa shape index (κ3) is 3.14. The van der Waals surface area contributed by atoms with Crippen LogP contribution in [0, 0.1) is 11.7 Å². The summed E-state index contributed by atoms with van der Waals surface area (Å²) in [6, 6.07) is 13.3. The fraction of sp³-hybridized carbons (Fsp3) is 0.278. The number of benzene rings is 2. The summed E-state index contributed by atoms with van der Waals surface area (Å²) in [5.74, 6) is 0.148. The van der Waals surface area contributed by atoms with Crippen LogP contribution in [0.4, 0.5) is 4.39 Å². The number of nitrogens with zero attached hydrogens (tertiary/aromatic N) is 1. The lowest BCUT2D eigenvalue weighted by atomic mass is 10.00. The second-order valence-electron chi connectivity index (χ2n) is 5.76. The van der Waals surface area contributed by atoms with Gasteiger partial charge in [0.1, 0.15) is 5.82 Å². The molecule has 2 aromatic rings. The maximum absolute atomic E-state index is 13.1. The molecule has 22 heavy (non-hydrogen) atoms. The van der Waals surface area contributed by atoms with Gasteiger partial charge in [0.25, 0.3) is 5.91 Å². The molecule has 2 aromatic carbocycles. The Morgan fingerprint density at radius 1 is 1.14 bits per heavy atom. The van der Waals surface area contributed by atoms with E-state index in [0.717, 1.165) is 18.4 Å². The van der Waals surface area contributed by atoms with Crippen LogP contribution in [0.2, 0.25) is 5.02 Å². The van der Waals surface area contributed by atoms with E-state index in [-0.39, 0.29) is 17.8 Å². The summed E-state index contributed by atoms with van der Waals surface area (Å²) in [5, 5.41) is 0.608. The Kier molecular flexibility index (Phi) is 4.16. The van der Waals surface area contributed by atoms with Crippen molar-refractivity contribution in [1.29, 1.82) is 0 Å². The van der Waals surface area contributed by atoms with Crippen LogP contribution in [-0.4, -0.2) is 17.9 Å². The molecular formula is C18H17ClFNO. The van der Waals surface area contributed by atoms with E-state index in [1.54, 1.807) is 41.3 Å². The zero-order valence-corrected chi connectivity index (χ0v) is 13.1. The van der Waals surface area contributed by atoms with Crippen LogP contribution in [-0.2, 0) is 0 Å². The molecule has 1 atom stereocenters. The third-order valence-electron chi connectivity index (χ3n) is 4.11. The molecule has 4 heteroatoms. The van der Waals surface area contributed by atoms with Gasteiger partial charge in [0.05, 0.1) is 6.04 Å². The Hall–Kier alpha value is -1.87. The molecule has 1 unspecified atom stereocenters. The van der Waals surface area contributed by atoms with Crippen molar-refractivity contribution in [2.45, 2.75) is 18.9 Å². The molecule has 0 radical (unpaired) electrons. The molecule has 1 saturated carbocycles. The normalized spacial score (nSPS) is 15.4. The fourth-order valence-electron chi connectivity index (χ4n) is 2.81. The Morgan fingerprint density at radius 2 is 1.73 bits per heavy atom. The second kappa shape index (κ2) is 6.09. The van der Waals surface area contributed by atoms with Gasteiger partial charge in [0, 0.05) is 17.6 Å². The summed E-state index contributed by atoms with van der Waals surface area (Å²) < 4.78 is 13.1. The highest BCUT2D eigenvalue weighted by Crippen LogP contribution is 2.44. The van der Waals surface area contributed by atoms with Crippen molar-refractivity contribution in [2.75, 3.05) is 7.05 Å². The van der Waals surface area contributed by atoms with Gasteiger partial charge in [-0.15, -0.1) is 0 Å². The highest BCUT2D eigenvalue weighted by atomic mass is 35.5. The number of rotatable bonds is 4. The van der Waals surface area contributed by atoms with Gasteiger partial charge < -0.3 is 4.90 Å². The van der Waals surface area contributed by atoms with Crippen LogP contribution >= 0.6 is 11.6 Å². The van der Waals surface area contributed by atoms with Crippen molar-refractivity contribution < 1.29 is 9.18 Å². The Balaban J connectivity index is 1.86. The van der Waals surface area contributed by atoms with Gasteiger partial charge in [-0.3, -0.25) is 4.79 Å². The van der Waals surface area contributed by atoms with Crippen LogP contribution in [0.3, 0.4) is 0 Å². The van der Waals surface area contributed by atoms with Crippen molar-refractivity contribution in [3.63, 3.8) is 0 Å². The van der Waals surface area contributed by atoms with E-state index in [9.17, 15) is 9.18 Å². The van der Waals surface area contributed by atoms with Crippen LogP contribution in [0.25, 0.3) is 0 Å². The number of carbonyl (C=O) groups excluding carboxylic acids is 1. The van der Waals surface area contributed by atoms with E-state index in [4.69, 9.17) is 11.6 Å². The molecular weight excluding hydrogens is 301 g/mol. The Labute approximate surface area is 134 Å². The predicted molar refractivity (Wildman–Crippen MR) is 85.4 cm³/mol.